The quantitative estimate of drug-likeness (QED) is 0.724. The molecule has 0 saturated heterocycles. The predicted octanol–water partition coefficient (Wildman–Crippen LogP) is 0.900. The molecule has 15 heavy (non-hydrogen) atoms. The molecule has 7 heteroatoms. The number of carbonyl (C=O) groups excluding carboxylic acids is 1. The number of hydrogen-bond acceptors (Lipinski definition) is 6. The van der Waals surface area contributed by atoms with Gasteiger partial charge in [0.1, 0.15) is 11.2 Å². The lowest BCUT2D eigenvalue weighted by atomic mass is 10.4. The molecule has 0 saturated carbocycles. The molecule has 0 aromatic carbocycles. The third-order valence-electron chi connectivity index (χ3n) is 1.70. The minimum atomic E-state index is -0.349. The van der Waals surface area contributed by atoms with E-state index in [1.807, 2.05) is 0 Å². The second-order valence-corrected chi connectivity index (χ2v) is 3.53. The van der Waals surface area contributed by atoms with Crippen molar-refractivity contribution in [3.8, 4) is 5.69 Å². The van der Waals surface area contributed by atoms with Crippen LogP contribution in [0.2, 0.25) is 0 Å². The molecule has 0 fully saturated rings. The van der Waals surface area contributed by atoms with E-state index in [1.165, 1.54) is 22.3 Å². The number of thiophene rings is 1. The first-order valence-electron chi connectivity index (χ1n) is 4.31. The smallest absolute Gasteiger partial charge is 0.350 e. The van der Waals surface area contributed by atoms with Crippen molar-refractivity contribution in [1.29, 1.82) is 0 Å². The van der Waals surface area contributed by atoms with Crippen molar-refractivity contribution < 1.29 is 9.53 Å². The highest BCUT2D eigenvalue weighted by molar-refractivity contribution is 7.12. The number of carbonyl (C=O) groups is 1. The average Bonchev–Trinajstić information content (AvgIpc) is 2.88. The first kappa shape index (κ1) is 9.78. The minimum absolute atomic E-state index is 0.349. The molecular weight excluding hydrogens is 216 g/mol. The predicted molar refractivity (Wildman–Crippen MR) is 53.0 cm³/mol. The summed E-state index contributed by atoms with van der Waals surface area (Å²) in [4.78, 5) is 12.0. The number of rotatable bonds is 3. The van der Waals surface area contributed by atoms with Crippen molar-refractivity contribution in [3.63, 3.8) is 0 Å². The van der Waals surface area contributed by atoms with Crippen LogP contribution in [0.4, 0.5) is 0 Å². The van der Waals surface area contributed by atoms with E-state index >= 15 is 0 Å². The first-order chi connectivity index (χ1) is 7.33. The van der Waals surface area contributed by atoms with Crippen molar-refractivity contribution >= 4 is 17.3 Å². The molecule has 0 bridgehead atoms. The molecule has 2 rings (SSSR count). The number of aromatic nitrogens is 4. The Kier molecular flexibility index (Phi) is 2.72. The van der Waals surface area contributed by atoms with E-state index in [1.54, 1.807) is 18.4 Å². The minimum Gasteiger partial charge on any atom is -0.462 e. The van der Waals surface area contributed by atoms with Crippen LogP contribution >= 0.6 is 11.3 Å². The monoisotopic (exact) mass is 224 g/mol. The lowest BCUT2D eigenvalue weighted by Gasteiger charge is -2.01. The van der Waals surface area contributed by atoms with Crippen LogP contribution in [-0.4, -0.2) is 32.8 Å². The first-order valence-corrected chi connectivity index (χ1v) is 5.19. The molecule has 0 atom stereocenters. The van der Waals surface area contributed by atoms with Crippen molar-refractivity contribution in [3.05, 3.63) is 22.7 Å². The Hall–Kier alpha value is -1.76. The van der Waals surface area contributed by atoms with Gasteiger partial charge in [-0.05, 0) is 28.8 Å². The van der Waals surface area contributed by atoms with Gasteiger partial charge in [-0.2, -0.15) is 4.68 Å². The highest BCUT2D eigenvalue weighted by Gasteiger charge is 2.16. The standard InChI is InChI=1S/C8H8N4O2S/c1-2-14-8(13)7-6(3-4-15-7)12-5-9-10-11-12/h3-5H,2H2,1H3. The summed E-state index contributed by atoms with van der Waals surface area (Å²) in [5, 5.41) is 12.5. The molecule has 0 spiro atoms. The van der Waals surface area contributed by atoms with Gasteiger partial charge in [0.05, 0.1) is 12.3 Å². The van der Waals surface area contributed by atoms with Gasteiger partial charge in [-0.1, -0.05) is 0 Å². The molecule has 0 aliphatic rings. The van der Waals surface area contributed by atoms with Crippen molar-refractivity contribution in [1.82, 2.24) is 20.2 Å². The Morgan fingerprint density at radius 3 is 3.20 bits per heavy atom. The molecule has 0 aliphatic carbocycles. The highest BCUT2D eigenvalue weighted by Crippen LogP contribution is 2.20. The van der Waals surface area contributed by atoms with E-state index in [2.05, 4.69) is 15.5 Å². The Balaban J connectivity index is 2.34. The molecule has 0 radical (unpaired) electrons. The van der Waals surface area contributed by atoms with Crippen LogP contribution in [0.25, 0.3) is 5.69 Å². The van der Waals surface area contributed by atoms with Crippen LogP contribution in [0, 0.1) is 0 Å². The highest BCUT2D eigenvalue weighted by atomic mass is 32.1. The summed E-state index contributed by atoms with van der Waals surface area (Å²) < 4.78 is 6.35. The average molecular weight is 224 g/mol. The maximum absolute atomic E-state index is 11.5. The zero-order valence-electron chi connectivity index (χ0n) is 7.95. The normalized spacial score (nSPS) is 10.2. The molecule has 0 N–H and O–H groups in total. The van der Waals surface area contributed by atoms with Gasteiger partial charge in [0, 0.05) is 0 Å². The fraction of sp³-hybridized carbons (Fsp3) is 0.250. The van der Waals surface area contributed by atoms with Gasteiger partial charge in [-0.25, -0.2) is 4.79 Å². The SMILES string of the molecule is CCOC(=O)c1sccc1-n1cnnn1. The Morgan fingerprint density at radius 2 is 2.53 bits per heavy atom. The fourth-order valence-electron chi connectivity index (χ4n) is 1.10. The Morgan fingerprint density at radius 1 is 1.67 bits per heavy atom. The van der Waals surface area contributed by atoms with Crippen LogP contribution in [0.1, 0.15) is 16.6 Å². The van der Waals surface area contributed by atoms with E-state index in [0.717, 1.165) is 0 Å². The number of esters is 1. The summed E-state index contributed by atoms with van der Waals surface area (Å²) in [6.07, 6.45) is 1.44. The van der Waals surface area contributed by atoms with Gasteiger partial charge in [0.2, 0.25) is 0 Å². The topological polar surface area (TPSA) is 69.9 Å². The van der Waals surface area contributed by atoms with Gasteiger partial charge in [0.25, 0.3) is 0 Å². The second-order valence-electron chi connectivity index (χ2n) is 2.61. The van der Waals surface area contributed by atoms with E-state index in [4.69, 9.17) is 4.74 Å². The van der Waals surface area contributed by atoms with Crippen LogP contribution in [-0.2, 0) is 4.74 Å². The molecule has 2 heterocycles. The van der Waals surface area contributed by atoms with Crippen LogP contribution < -0.4 is 0 Å². The maximum atomic E-state index is 11.5. The molecule has 0 aliphatic heterocycles. The third-order valence-corrected chi connectivity index (χ3v) is 2.58. The Labute approximate surface area is 89.5 Å². The number of tetrazole rings is 1. The summed E-state index contributed by atoms with van der Waals surface area (Å²) in [5.74, 6) is -0.349. The van der Waals surface area contributed by atoms with E-state index in [0.29, 0.717) is 17.2 Å². The number of ether oxygens (including phenoxy) is 1. The summed E-state index contributed by atoms with van der Waals surface area (Å²) in [5.41, 5.74) is 0.642. The molecule has 2 aromatic rings. The number of nitrogens with zero attached hydrogens (tertiary/aromatic N) is 4. The fourth-order valence-corrected chi connectivity index (χ4v) is 1.87. The van der Waals surface area contributed by atoms with Gasteiger partial charge in [-0.3, -0.25) is 0 Å². The summed E-state index contributed by atoms with van der Waals surface area (Å²) in [6, 6.07) is 1.77. The van der Waals surface area contributed by atoms with Crippen molar-refractivity contribution in [2.45, 2.75) is 6.92 Å². The maximum Gasteiger partial charge on any atom is 0.350 e. The zero-order chi connectivity index (χ0) is 10.7. The Bertz CT molecular complexity index is 451. The van der Waals surface area contributed by atoms with Crippen LogP contribution in [0.15, 0.2) is 17.8 Å². The molecule has 0 unspecified atom stereocenters. The van der Waals surface area contributed by atoms with Crippen molar-refractivity contribution in [2.24, 2.45) is 0 Å². The van der Waals surface area contributed by atoms with E-state index < -0.39 is 0 Å². The molecule has 2 aromatic heterocycles. The largest absolute Gasteiger partial charge is 0.462 e. The van der Waals surface area contributed by atoms with Gasteiger partial charge < -0.3 is 4.74 Å². The second kappa shape index (κ2) is 4.18. The van der Waals surface area contributed by atoms with Crippen LogP contribution in [0.5, 0.6) is 0 Å². The van der Waals surface area contributed by atoms with E-state index in [-0.39, 0.29) is 5.97 Å². The zero-order valence-corrected chi connectivity index (χ0v) is 8.77. The lowest BCUT2D eigenvalue weighted by molar-refractivity contribution is 0.0532. The van der Waals surface area contributed by atoms with Crippen LogP contribution in [0.3, 0.4) is 0 Å². The molecule has 6 nitrogen and oxygen atoms in total. The van der Waals surface area contributed by atoms with Gasteiger partial charge >= 0.3 is 5.97 Å². The summed E-state index contributed by atoms with van der Waals surface area (Å²) in [6.45, 7) is 2.12. The van der Waals surface area contributed by atoms with Gasteiger partial charge in [-0.15, -0.1) is 16.4 Å². The summed E-state index contributed by atoms with van der Waals surface area (Å²) >= 11 is 1.30. The summed E-state index contributed by atoms with van der Waals surface area (Å²) in [7, 11) is 0. The lowest BCUT2D eigenvalue weighted by Crippen LogP contribution is -2.07. The number of hydrogen-bond donors (Lipinski definition) is 0. The van der Waals surface area contributed by atoms with Gasteiger partial charge in [0.15, 0.2) is 0 Å². The molecular formula is C8H8N4O2S. The molecule has 78 valence electrons. The van der Waals surface area contributed by atoms with Crippen molar-refractivity contribution in [2.75, 3.05) is 6.61 Å². The van der Waals surface area contributed by atoms with E-state index in [9.17, 15) is 4.79 Å². The third kappa shape index (κ3) is 1.86. The molecule has 0 amide bonds.